The van der Waals surface area contributed by atoms with Crippen LogP contribution in [0.1, 0.15) is 50.3 Å². The molecule has 0 heterocycles. The van der Waals surface area contributed by atoms with Crippen molar-refractivity contribution in [3.8, 4) is 33.4 Å². The molecule has 8 rings (SSSR count). The van der Waals surface area contributed by atoms with Crippen LogP contribution in [0.25, 0.3) is 56.3 Å². The molecule has 0 saturated carbocycles. The molecule has 0 bridgehead atoms. The van der Waals surface area contributed by atoms with Crippen LogP contribution in [0.3, 0.4) is 0 Å². The number of hydrogen-bond donors (Lipinski definition) is 0. The molecule has 0 aliphatic heterocycles. The van der Waals surface area contributed by atoms with Crippen molar-refractivity contribution in [3.05, 3.63) is 167 Å². The first-order valence-electron chi connectivity index (χ1n) is 17.5. The van der Waals surface area contributed by atoms with Crippen molar-refractivity contribution in [2.45, 2.75) is 37.3 Å². The number of hydrogen-bond acceptors (Lipinski definition) is 0. The molecule has 6 aromatic carbocycles. The molecule has 6 aromatic rings. The fourth-order valence-corrected chi connectivity index (χ4v) is 29.9. The summed E-state index contributed by atoms with van der Waals surface area (Å²) in [6, 6.07) is 49.8. The molecule has 252 valence electrons. The predicted molar refractivity (Wildman–Crippen MR) is 223 cm³/mol. The van der Waals surface area contributed by atoms with Crippen LogP contribution >= 0.6 is 24.8 Å². The molecule has 0 amide bonds. The zero-order valence-corrected chi connectivity index (χ0v) is 35.1. The second-order valence-corrected chi connectivity index (χ2v) is 46.1. The molecule has 2 aliphatic carbocycles. The largest absolute Gasteiger partial charge is 0.147 e. The van der Waals surface area contributed by atoms with Gasteiger partial charge >= 0.3 is 291 Å². The molecular weight excluding hydrogens is 743 g/mol. The van der Waals surface area contributed by atoms with Crippen molar-refractivity contribution in [1.82, 2.24) is 0 Å². The second kappa shape index (κ2) is 13.7. The van der Waals surface area contributed by atoms with Crippen molar-refractivity contribution < 1.29 is 17.4 Å². The van der Waals surface area contributed by atoms with Gasteiger partial charge in [0.25, 0.3) is 0 Å². The third-order valence-corrected chi connectivity index (χ3v) is 28.9. The topological polar surface area (TPSA) is 0 Å². The van der Waals surface area contributed by atoms with Crippen LogP contribution in [0, 0.1) is 5.92 Å². The molecule has 0 fully saturated rings. The van der Waals surface area contributed by atoms with Gasteiger partial charge in [0, 0.05) is 0 Å². The molecule has 0 aromatic heterocycles. The van der Waals surface area contributed by atoms with Gasteiger partial charge in [-0.2, -0.15) is 0 Å². The van der Waals surface area contributed by atoms with Crippen LogP contribution in [0.15, 0.2) is 145 Å². The summed E-state index contributed by atoms with van der Waals surface area (Å²) in [6.07, 6.45) is 5.16. The van der Waals surface area contributed by atoms with Gasteiger partial charge in [-0.05, 0) is 0 Å². The normalized spacial score (nSPS) is 16.6. The Labute approximate surface area is 313 Å². The van der Waals surface area contributed by atoms with Crippen molar-refractivity contribution in [2.24, 2.45) is 5.92 Å². The molecule has 0 nitrogen and oxygen atoms in total. The summed E-state index contributed by atoms with van der Waals surface area (Å²) in [7, 11) is 0. The third-order valence-electron chi connectivity index (χ3n) is 11.3. The van der Waals surface area contributed by atoms with E-state index in [1.165, 1.54) is 55.3 Å². The minimum absolute atomic E-state index is 0. The third kappa shape index (κ3) is 5.97. The zero-order chi connectivity index (χ0) is 33.2. The maximum Gasteiger partial charge on any atom is -0.147 e. The van der Waals surface area contributed by atoms with Gasteiger partial charge in [0.1, 0.15) is 0 Å². The van der Waals surface area contributed by atoms with Crippen LogP contribution in [0.4, 0.5) is 0 Å². The zero-order valence-electron chi connectivity index (χ0n) is 29.6. The minimum atomic E-state index is -3.81. The SMILES string of the molecule is CC1=Cc2c(-c3ccccc3)cc(-c3ccccc3)cc2[CH]1[Zr]([CH3])([CH3])(=[SiH2])[CH]1C(C(C)C)=Cc2c(-c3cccc4ccccc34)cccc21.Cl.Cl. The Kier molecular flexibility index (Phi) is 10.0. The molecule has 0 spiro atoms. The Morgan fingerprint density at radius 2 is 1.12 bits per heavy atom. The van der Waals surface area contributed by atoms with E-state index in [4.69, 9.17) is 0 Å². The molecule has 2 atom stereocenters. The van der Waals surface area contributed by atoms with Crippen molar-refractivity contribution in [2.75, 3.05) is 0 Å². The summed E-state index contributed by atoms with van der Waals surface area (Å²) in [5.74, 6) is 0.473. The summed E-state index contributed by atoms with van der Waals surface area (Å²) in [6.45, 7) is 9.72. The van der Waals surface area contributed by atoms with E-state index in [1.54, 1.807) is 22.3 Å². The van der Waals surface area contributed by atoms with E-state index in [1.807, 2.05) is 0 Å². The molecule has 4 heteroatoms. The Morgan fingerprint density at radius 1 is 0.540 bits per heavy atom. The molecule has 0 N–H and O–H groups in total. The van der Waals surface area contributed by atoms with Gasteiger partial charge in [-0.3, -0.25) is 0 Å². The van der Waals surface area contributed by atoms with Gasteiger partial charge < -0.3 is 0 Å². The van der Waals surface area contributed by atoms with Gasteiger partial charge in [0.15, 0.2) is 0 Å². The minimum Gasteiger partial charge on any atom is -0.147 e. The predicted octanol–water partition coefficient (Wildman–Crippen LogP) is 13.3. The maximum absolute atomic E-state index is 3.81. The summed E-state index contributed by atoms with van der Waals surface area (Å²) in [4.78, 5) is 0. The first-order chi connectivity index (χ1) is 23.1. The molecule has 0 radical (unpaired) electrons. The van der Waals surface area contributed by atoms with E-state index in [2.05, 4.69) is 183 Å². The Hall–Kier alpha value is -3.26. The molecule has 0 saturated heterocycles. The summed E-state index contributed by atoms with van der Waals surface area (Å²) >= 11 is -3.81. The van der Waals surface area contributed by atoms with Gasteiger partial charge in [0.2, 0.25) is 0 Å². The number of allylic oxidation sites excluding steroid dienone is 2. The van der Waals surface area contributed by atoms with E-state index in [0.29, 0.717) is 13.2 Å². The first kappa shape index (κ1) is 36.5. The smallest absolute Gasteiger partial charge is 0.147 e. The van der Waals surface area contributed by atoms with Crippen molar-refractivity contribution >= 4 is 54.6 Å². The first-order valence-corrected chi connectivity index (χ1v) is 31.2. The van der Waals surface area contributed by atoms with Crippen LogP contribution < -0.4 is 0 Å². The summed E-state index contributed by atoms with van der Waals surface area (Å²) < 4.78 is 6.46. The number of rotatable bonds is 6. The monoisotopic (exact) mass is 786 g/mol. The molecule has 2 aliphatic rings. The van der Waals surface area contributed by atoms with Gasteiger partial charge in [-0.1, -0.05) is 0 Å². The van der Waals surface area contributed by atoms with Crippen LogP contribution in [0.2, 0.25) is 9.26 Å². The summed E-state index contributed by atoms with van der Waals surface area (Å²) in [5, 5.41) is 2.63. The number of fused-ring (bicyclic) bond motifs is 3. The fraction of sp³-hybridized carbons (Fsp3) is 0.174. The van der Waals surface area contributed by atoms with Gasteiger partial charge in [0.05, 0.1) is 0 Å². The van der Waals surface area contributed by atoms with Gasteiger partial charge in [-0.15, -0.1) is 24.8 Å². The standard InChI is InChI=1S/C22H19.C22H17.2CH3.2ClH.H2Si.Zr/c1-15(2)18-13-17-9-6-12-21(22(17)14-18)20-11-5-8-16-7-3-4-10-19(16)20;1-16-12-20-14-19(17-8-4-2-5-9-17)15-22(21(20)13-16)18-10-6-3-7-11-18;;;;;;/h3-15H,1-2H3;2-15H,1H3;2*1H3;2*1H;1H2;. The quantitative estimate of drug-likeness (QED) is 0.148. The van der Waals surface area contributed by atoms with E-state index in [9.17, 15) is 0 Å². The van der Waals surface area contributed by atoms with Crippen LogP contribution in [0.5, 0.6) is 0 Å². The van der Waals surface area contributed by atoms with Gasteiger partial charge in [-0.25, -0.2) is 0 Å². The van der Waals surface area contributed by atoms with Crippen LogP contribution in [-0.2, 0) is 17.4 Å². The fourth-order valence-electron chi connectivity index (χ4n) is 9.39. The average molecular weight is 789 g/mol. The maximum atomic E-state index is 2.77. The Balaban J connectivity index is 0.00000216. The Morgan fingerprint density at radius 3 is 1.82 bits per heavy atom. The molecular formula is C46H46Cl2SiZr. The van der Waals surface area contributed by atoms with Crippen molar-refractivity contribution in [1.29, 1.82) is 0 Å². The number of halogens is 2. The second-order valence-electron chi connectivity index (χ2n) is 15.6. The van der Waals surface area contributed by atoms with E-state index in [-0.39, 0.29) is 24.8 Å². The van der Waals surface area contributed by atoms with E-state index >= 15 is 0 Å². The average Bonchev–Trinajstić information content (AvgIpc) is 3.68. The molecule has 50 heavy (non-hydrogen) atoms. The van der Waals surface area contributed by atoms with Crippen LogP contribution in [-0.4, -0.2) is 6.88 Å². The van der Waals surface area contributed by atoms with E-state index < -0.39 is 17.4 Å². The molecule has 2 unspecified atom stereocenters. The Bertz CT molecular complexity index is 2360. The van der Waals surface area contributed by atoms with E-state index in [0.717, 1.165) is 0 Å². The van der Waals surface area contributed by atoms with Crippen molar-refractivity contribution in [3.63, 3.8) is 0 Å². The number of benzene rings is 6. The summed E-state index contributed by atoms with van der Waals surface area (Å²) in [5.41, 5.74) is 17.1.